The molecule has 10 heteroatoms. The molecule has 0 aliphatic heterocycles. The maximum Gasteiger partial charge on any atom is 0.408 e. The molecule has 2 atom stereocenters. The van der Waals surface area contributed by atoms with Crippen LogP contribution < -0.4 is 10.6 Å². The highest BCUT2D eigenvalue weighted by Crippen LogP contribution is 2.23. The van der Waals surface area contributed by atoms with E-state index in [4.69, 9.17) is 11.2 Å². The summed E-state index contributed by atoms with van der Waals surface area (Å²) in [6.45, 7) is 6.61. The second kappa shape index (κ2) is 13.5. The quantitative estimate of drug-likeness (QED) is 0.293. The number of aryl methyl sites for hydroxylation is 1. The van der Waals surface area contributed by atoms with E-state index in [1.165, 1.54) is 18.9 Å². The van der Waals surface area contributed by atoms with Gasteiger partial charge in [0.2, 0.25) is 5.91 Å². The molecule has 2 N–H and O–H groups in total. The van der Waals surface area contributed by atoms with Crippen molar-refractivity contribution >= 4 is 35.6 Å². The van der Waals surface area contributed by atoms with Crippen molar-refractivity contribution in [2.75, 3.05) is 25.7 Å². The zero-order valence-corrected chi connectivity index (χ0v) is 21.3. The number of nitrogens with zero attached hydrogens (tertiary/aromatic N) is 1. The highest BCUT2D eigenvalue weighted by Gasteiger charge is 2.35. The van der Waals surface area contributed by atoms with Gasteiger partial charge in [-0.05, 0) is 51.7 Å². The third-order valence-corrected chi connectivity index (χ3v) is 5.15. The summed E-state index contributed by atoms with van der Waals surface area (Å²) in [4.78, 5) is 51.4. The molecule has 0 spiro atoms. The molecule has 0 aliphatic rings. The Labute approximate surface area is 205 Å². The van der Waals surface area contributed by atoms with Gasteiger partial charge < -0.3 is 20.1 Å². The van der Waals surface area contributed by atoms with Crippen LogP contribution in [0.4, 0.5) is 4.79 Å². The summed E-state index contributed by atoms with van der Waals surface area (Å²) in [5.41, 5.74) is 0.627. The Kier molecular flexibility index (Phi) is 11.5. The van der Waals surface area contributed by atoms with Gasteiger partial charge in [-0.3, -0.25) is 19.3 Å². The first-order chi connectivity index (χ1) is 15.9. The molecule has 0 heterocycles. The van der Waals surface area contributed by atoms with Gasteiger partial charge in [-0.1, -0.05) is 36.3 Å². The summed E-state index contributed by atoms with van der Waals surface area (Å²) in [5, 5.41) is 5.02. The van der Waals surface area contributed by atoms with Crippen LogP contribution in [0.1, 0.15) is 44.4 Å². The van der Waals surface area contributed by atoms with Gasteiger partial charge in [-0.15, -0.1) is 0 Å². The molecule has 0 saturated heterocycles. The lowest BCUT2D eigenvalue weighted by atomic mass is 10.0. The Bertz CT molecular complexity index is 905. The van der Waals surface area contributed by atoms with Gasteiger partial charge in [0, 0.05) is 6.04 Å². The smallest absolute Gasteiger partial charge is 0.408 e. The number of rotatable bonds is 10. The van der Waals surface area contributed by atoms with Gasteiger partial charge in [-0.2, -0.15) is 11.8 Å². The molecule has 1 rings (SSSR count). The average molecular weight is 492 g/mol. The molecule has 0 aromatic heterocycles. The van der Waals surface area contributed by atoms with Crippen molar-refractivity contribution in [2.24, 2.45) is 0 Å². The van der Waals surface area contributed by atoms with E-state index in [1.807, 2.05) is 13.2 Å². The van der Waals surface area contributed by atoms with E-state index in [9.17, 15) is 19.2 Å². The number of hydrogen-bond donors (Lipinski definition) is 2. The van der Waals surface area contributed by atoms with E-state index in [-0.39, 0.29) is 6.42 Å². The summed E-state index contributed by atoms with van der Waals surface area (Å²) in [6, 6.07) is 6.92. The monoisotopic (exact) mass is 491 g/mol. The molecule has 3 amide bonds. The fourth-order valence-electron chi connectivity index (χ4n) is 2.87. The molecular formula is C24H33N3O6S. The zero-order valence-electron chi connectivity index (χ0n) is 20.5. The fourth-order valence-corrected chi connectivity index (χ4v) is 3.34. The minimum atomic E-state index is -1.24. The van der Waals surface area contributed by atoms with Crippen LogP contribution in [0.15, 0.2) is 24.3 Å². The normalized spacial score (nSPS) is 12.5. The Morgan fingerprint density at radius 3 is 2.29 bits per heavy atom. The van der Waals surface area contributed by atoms with Gasteiger partial charge >= 0.3 is 12.1 Å². The lowest BCUT2D eigenvalue weighted by Crippen LogP contribution is -2.52. The van der Waals surface area contributed by atoms with Crippen molar-refractivity contribution in [3.05, 3.63) is 35.4 Å². The number of carbonyl (C=O) groups is 4. The highest BCUT2D eigenvalue weighted by molar-refractivity contribution is 7.98. The maximum absolute atomic E-state index is 13.5. The molecule has 0 fully saturated rings. The molecule has 2 unspecified atom stereocenters. The van der Waals surface area contributed by atoms with Crippen LogP contribution in [-0.4, -0.2) is 66.1 Å². The third kappa shape index (κ3) is 9.35. The van der Waals surface area contributed by atoms with Gasteiger partial charge in [0.05, 0.1) is 7.11 Å². The van der Waals surface area contributed by atoms with Crippen molar-refractivity contribution in [2.45, 2.75) is 51.8 Å². The Balaban J connectivity index is 3.30. The van der Waals surface area contributed by atoms with Crippen LogP contribution in [0.5, 0.6) is 0 Å². The van der Waals surface area contributed by atoms with Gasteiger partial charge in [0.25, 0.3) is 5.91 Å². The molecule has 186 valence electrons. The van der Waals surface area contributed by atoms with E-state index in [2.05, 4.69) is 21.4 Å². The lowest BCUT2D eigenvalue weighted by Gasteiger charge is -2.30. The van der Waals surface area contributed by atoms with Crippen LogP contribution in [0.25, 0.3) is 0 Å². The van der Waals surface area contributed by atoms with Gasteiger partial charge in [-0.25, -0.2) is 4.79 Å². The Hall–Kier alpha value is -3.19. The minimum absolute atomic E-state index is 0.266. The number of carbonyl (C=O) groups excluding carboxylic acids is 4. The number of esters is 1. The lowest BCUT2D eigenvalue weighted by molar-refractivity contribution is -0.142. The largest absolute Gasteiger partial charge is 0.468 e. The predicted molar refractivity (Wildman–Crippen MR) is 131 cm³/mol. The van der Waals surface area contributed by atoms with E-state index in [1.54, 1.807) is 45.0 Å². The van der Waals surface area contributed by atoms with Crippen LogP contribution in [0, 0.1) is 19.4 Å². The Morgan fingerprint density at radius 2 is 1.79 bits per heavy atom. The first kappa shape index (κ1) is 28.8. The Morgan fingerprint density at radius 1 is 1.18 bits per heavy atom. The number of ether oxygens (including phenoxy) is 2. The molecule has 1 aromatic carbocycles. The summed E-state index contributed by atoms with van der Waals surface area (Å²) in [6.07, 6.45) is 7.05. The first-order valence-electron chi connectivity index (χ1n) is 10.6. The van der Waals surface area contributed by atoms with Crippen LogP contribution in [0.2, 0.25) is 0 Å². The molecule has 0 saturated carbocycles. The number of nitrogens with one attached hydrogen (secondary N) is 2. The molecule has 34 heavy (non-hydrogen) atoms. The van der Waals surface area contributed by atoms with Gasteiger partial charge in [0.1, 0.15) is 24.2 Å². The molecule has 0 radical (unpaired) electrons. The van der Waals surface area contributed by atoms with E-state index < -0.39 is 48.1 Å². The molecule has 9 nitrogen and oxygen atoms in total. The third-order valence-electron chi connectivity index (χ3n) is 4.51. The van der Waals surface area contributed by atoms with Crippen molar-refractivity contribution in [1.82, 2.24) is 15.5 Å². The van der Waals surface area contributed by atoms with E-state index >= 15 is 0 Å². The number of terminal acetylenes is 1. The van der Waals surface area contributed by atoms with Crippen molar-refractivity contribution in [3.8, 4) is 12.5 Å². The summed E-state index contributed by atoms with van der Waals surface area (Å²) in [5.74, 6) is -1.42. The van der Waals surface area contributed by atoms with Crippen molar-refractivity contribution in [3.63, 3.8) is 0 Å². The average Bonchev–Trinajstić information content (AvgIpc) is 2.77. The summed E-state index contributed by atoms with van der Waals surface area (Å²) >= 11 is 1.49. The van der Waals surface area contributed by atoms with E-state index in [0.717, 1.165) is 10.5 Å². The first-order valence-corrected chi connectivity index (χ1v) is 12.0. The van der Waals surface area contributed by atoms with Crippen LogP contribution in [0.3, 0.4) is 0 Å². The molecule has 1 aromatic rings. The van der Waals surface area contributed by atoms with Gasteiger partial charge in [0.15, 0.2) is 0 Å². The van der Waals surface area contributed by atoms with Crippen LogP contribution in [-0.2, 0) is 23.9 Å². The SMILES string of the molecule is C#CN(C(=O)C(CCSC)NC(=O)OC(C)(C)C)C(C(=O)NCC(=O)OC)c1ccc(C)cc1. The van der Waals surface area contributed by atoms with Crippen LogP contribution >= 0.6 is 11.8 Å². The van der Waals surface area contributed by atoms with Crippen molar-refractivity contribution < 1.29 is 28.7 Å². The minimum Gasteiger partial charge on any atom is -0.468 e. The number of alkyl carbamates (subject to hydrolysis) is 1. The topological polar surface area (TPSA) is 114 Å². The zero-order chi connectivity index (χ0) is 25.9. The predicted octanol–water partition coefficient (Wildman–Crippen LogP) is 2.39. The highest BCUT2D eigenvalue weighted by atomic mass is 32.2. The second-order valence-corrected chi connectivity index (χ2v) is 9.41. The summed E-state index contributed by atoms with van der Waals surface area (Å²) < 4.78 is 9.85. The number of benzene rings is 1. The summed E-state index contributed by atoms with van der Waals surface area (Å²) in [7, 11) is 1.20. The number of thioether (sulfide) groups is 1. The molecule has 0 aliphatic carbocycles. The fraction of sp³-hybridized carbons (Fsp3) is 0.500. The standard InChI is InChI=1S/C24H33N3O6S/c1-8-27(22(30)18(13-14-34-7)26-23(31)33-24(3,4)5)20(17-11-9-16(2)10-12-17)21(29)25-15-19(28)32-6/h1,9-12,18,20H,13-15H2,2-7H3,(H,25,29)(H,26,31). The molecular weight excluding hydrogens is 458 g/mol. The van der Waals surface area contributed by atoms with E-state index in [0.29, 0.717) is 11.3 Å². The van der Waals surface area contributed by atoms with Crippen molar-refractivity contribution in [1.29, 1.82) is 0 Å². The number of methoxy groups -OCH3 is 1. The maximum atomic E-state index is 13.5. The molecule has 0 bridgehead atoms. The second-order valence-electron chi connectivity index (χ2n) is 8.42. The number of amides is 3. The number of hydrogen-bond acceptors (Lipinski definition) is 7.